The third-order valence-electron chi connectivity index (χ3n) is 5.85. The number of benzene rings is 1. The molecule has 1 aliphatic heterocycles. The summed E-state index contributed by atoms with van der Waals surface area (Å²) in [5.74, 6) is 0.594. The van der Waals surface area contributed by atoms with Crippen molar-refractivity contribution >= 4 is 12.8 Å². The van der Waals surface area contributed by atoms with Crippen molar-refractivity contribution in [3.8, 4) is 0 Å². The Kier molecular flexibility index (Phi) is 2.98. The first-order chi connectivity index (χ1) is 8.17. The molecular weight excluding hydrogens is 239 g/mol. The summed E-state index contributed by atoms with van der Waals surface area (Å²) in [6, 6.07) is 9.81. The van der Waals surface area contributed by atoms with Crippen LogP contribution in [0.3, 0.4) is 0 Å². The fraction of sp³-hybridized carbons (Fsp3) is 0.562. The Morgan fingerprint density at radius 1 is 1.06 bits per heavy atom. The fourth-order valence-corrected chi connectivity index (χ4v) is 8.87. The van der Waals surface area contributed by atoms with E-state index in [0.29, 0.717) is 11.4 Å². The van der Waals surface area contributed by atoms with E-state index >= 15 is 0 Å². The maximum atomic E-state index is 13.0. The summed E-state index contributed by atoms with van der Waals surface area (Å²) in [7, 11) is -1.66. The molecule has 18 heavy (non-hydrogen) atoms. The van der Waals surface area contributed by atoms with Gasteiger partial charge >= 0.3 is 0 Å². The Morgan fingerprint density at radius 3 is 1.94 bits per heavy atom. The second-order valence-electron chi connectivity index (χ2n) is 6.71. The quantitative estimate of drug-likeness (QED) is 0.708. The molecule has 98 valence electrons. The molecule has 1 fully saturated rings. The van der Waals surface area contributed by atoms with Gasteiger partial charge in [0.2, 0.25) is 0 Å². The van der Waals surface area contributed by atoms with Gasteiger partial charge in [0.1, 0.15) is 0 Å². The van der Waals surface area contributed by atoms with Gasteiger partial charge in [-0.15, -0.1) is 0 Å². The fourth-order valence-electron chi connectivity index (χ4n) is 3.68. The molecular formula is C16H24OP+. The zero-order valence-corrected chi connectivity index (χ0v) is 13.2. The Balaban J connectivity index is 2.47. The van der Waals surface area contributed by atoms with Crippen LogP contribution in [0.4, 0.5) is 0 Å². The van der Waals surface area contributed by atoms with Gasteiger partial charge < -0.3 is 0 Å². The third-order valence-corrected chi connectivity index (χ3v) is 12.3. The van der Waals surface area contributed by atoms with E-state index < -0.39 is 7.26 Å². The molecule has 1 aromatic carbocycles. The van der Waals surface area contributed by atoms with E-state index in [1.54, 1.807) is 0 Å². The maximum absolute atomic E-state index is 13.0. The standard InChI is InChI=1S/C16H24OP/c1-12-15(2,3)18(6,16(12,4)5)14(17)13-10-8-7-9-11-13/h7-12H,1-6H3/q+1. The average Bonchev–Trinajstić information content (AvgIpc) is 2.36. The zero-order valence-electron chi connectivity index (χ0n) is 12.3. The van der Waals surface area contributed by atoms with Crippen LogP contribution >= 0.6 is 7.26 Å². The van der Waals surface area contributed by atoms with Crippen LogP contribution in [-0.2, 0) is 0 Å². The molecule has 0 atom stereocenters. The summed E-state index contributed by atoms with van der Waals surface area (Å²) in [5, 5.41) is 0.312. The number of hydrogen-bond acceptors (Lipinski definition) is 1. The molecule has 0 amide bonds. The molecule has 0 aromatic heterocycles. The first-order valence-corrected chi connectivity index (χ1v) is 8.87. The third kappa shape index (κ3) is 1.40. The molecule has 1 nitrogen and oxygen atoms in total. The number of rotatable bonds is 2. The molecule has 1 aliphatic rings. The highest BCUT2D eigenvalue weighted by Gasteiger charge is 2.78. The molecule has 0 spiro atoms. The molecule has 0 aliphatic carbocycles. The lowest BCUT2D eigenvalue weighted by atomic mass is 9.83. The van der Waals surface area contributed by atoms with Gasteiger partial charge in [-0.05, 0) is 39.8 Å². The molecule has 0 unspecified atom stereocenters. The van der Waals surface area contributed by atoms with Gasteiger partial charge in [-0.1, -0.05) is 25.1 Å². The lowest BCUT2D eigenvalue weighted by Crippen LogP contribution is -2.62. The molecule has 1 aromatic rings. The van der Waals surface area contributed by atoms with Gasteiger partial charge in [0.25, 0.3) is 5.52 Å². The first kappa shape index (κ1) is 13.7. The highest BCUT2D eigenvalue weighted by molar-refractivity contribution is 7.94. The van der Waals surface area contributed by atoms with Crippen LogP contribution in [0.2, 0.25) is 0 Å². The smallest absolute Gasteiger partial charge is 0.247 e. The van der Waals surface area contributed by atoms with Crippen LogP contribution in [-0.4, -0.2) is 22.5 Å². The van der Waals surface area contributed by atoms with E-state index in [2.05, 4.69) is 41.3 Å². The van der Waals surface area contributed by atoms with Crippen molar-refractivity contribution in [2.75, 3.05) is 6.66 Å². The summed E-state index contributed by atoms with van der Waals surface area (Å²) in [5.41, 5.74) is 1.29. The van der Waals surface area contributed by atoms with Crippen LogP contribution < -0.4 is 0 Å². The topological polar surface area (TPSA) is 17.1 Å². The number of hydrogen-bond donors (Lipinski definition) is 0. The van der Waals surface area contributed by atoms with E-state index in [9.17, 15) is 4.79 Å². The van der Waals surface area contributed by atoms with Crippen LogP contribution in [0.25, 0.3) is 0 Å². The highest BCUT2D eigenvalue weighted by Crippen LogP contribution is 2.88. The summed E-state index contributed by atoms with van der Waals surface area (Å²) >= 11 is 0. The number of carbonyl (C=O) groups is 1. The van der Waals surface area contributed by atoms with Crippen molar-refractivity contribution < 1.29 is 4.79 Å². The lowest BCUT2D eigenvalue weighted by molar-refractivity contribution is 0.105. The van der Waals surface area contributed by atoms with Gasteiger partial charge in [0, 0.05) is 5.92 Å². The molecule has 0 radical (unpaired) electrons. The minimum atomic E-state index is -1.66. The van der Waals surface area contributed by atoms with Crippen molar-refractivity contribution in [3.05, 3.63) is 35.9 Å². The predicted molar refractivity (Wildman–Crippen MR) is 80.9 cm³/mol. The van der Waals surface area contributed by atoms with Crippen molar-refractivity contribution in [1.82, 2.24) is 0 Å². The second kappa shape index (κ2) is 3.90. The Morgan fingerprint density at radius 2 is 1.50 bits per heavy atom. The highest BCUT2D eigenvalue weighted by atomic mass is 31.2. The van der Waals surface area contributed by atoms with Crippen LogP contribution in [0.15, 0.2) is 30.3 Å². The van der Waals surface area contributed by atoms with Crippen LogP contribution in [0.1, 0.15) is 45.0 Å². The molecule has 2 heteroatoms. The van der Waals surface area contributed by atoms with Gasteiger partial charge in [-0.2, -0.15) is 0 Å². The van der Waals surface area contributed by atoms with Crippen LogP contribution in [0.5, 0.6) is 0 Å². The van der Waals surface area contributed by atoms with Crippen molar-refractivity contribution in [1.29, 1.82) is 0 Å². The molecule has 0 bridgehead atoms. The van der Waals surface area contributed by atoms with E-state index in [-0.39, 0.29) is 10.3 Å². The van der Waals surface area contributed by atoms with E-state index in [1.165, 1.54) is 0 Å². The summed E-state index contributed by atoms with van der Waals surface area (Å²) in [4.78, 5) is 13.0. The van der Waals surface area contributed by atoms with Crippen molar-refractivity contribution in [2.45, 2.75) is 44.9 Å². The molecule has 0 N–H and O–H groups in total. The van der Waals surface area contributed by atoms with Gasteiger partial charge in [-0.3, -0.25) is 0 Å². The van der Waals surface area contributed by atoms with E-state index in [0.717, 1.165) is 5.56 Å². The first-order valence-electron chi connectivity index (χ1n) is 6.64. The van der Waals surface area contributed by atoms with Gasteiger partial charge in [0.15, 0.2) is 0 Å². The second-order valence-corrected chi connectivity index (χ2v) is 11.4. The predicted octanol–water partition coefficient (Wildman–Crippen LogP) is 4.68. The minimum Gasteiger partial charge on any atom is -0.247 e. The van der Waals surface area contributed by atoms with Crippen LogP contribution in [0, 0.1) is 5.92 Å². The van der Waals surface area contributed by atoms with Crippen molar-refractivity contribution in [3.63, 3.8) is 0 Å². The minimum absolute atomic E-state index is 0.156. The van der Waals surface area contributed by atoms with E-state index in [4.69, 9.17) is 0 Å². The summed E-state index contributed by atoms with van der Waals surface area (Å²) in [6.45, 7) is 13.6. The molecule has 1 saturated heterocycles. The lowest BCUT2D eigenvalue weighted by Gasteiger charge is -2.62. The SMILES string of the molecule is CC1C(C)(C)[P+](C)(C(=O)c2ccccc2)C1(C)C. The number of carbonyl (C=O) groups excluding carboxylic acids is 1. The normalized spacial score (nSPS) is 32.7. The van der Waals surface area contributed by atoms with Crippen molar-refractivity contribution in [2.24, 2.45) is 5.92 Å². The van der Waals surface area contributed by atoms with Gasteiger partial charge in [-0.25, -0.2) is 4.79 Å². The monoisotopic (exact) mass is 263 g/mol. The zero-order chi connectivity index (χ0) is 13.8. The summed E-state index contributed by atoms with van der Waals surface area (Å²) < 4.78 is 0. The molecule has 1 heterocycles. The van der Waals surface area contributed by atoms with E-state index in [1.807, 2.05) is 30.3 Å². The largest absolute Gasteiger partial charge is 0.298 e. The molecule has 0 saturated carbocycles. The Labute approximate surface area is 111 Å². The van der Waals surface area contributed by atoms with Gasteiger partial charge in [0.05, 0.1) is 29.8 Å². The Bertz CT molecular complexity index is 457. The Hall–Kier alpha value is -0.680. The maximum Gasteiger partial charge on any atom is 0.298 e. The molecule has 2 rings (SSSR count). The summed E-state index contributed by atoms with van der Waals surface area (Å²) in [6.07, 6.45) is 0. The average molecular weight is 263 g/mol.